The van der Waals surface area contributed by atoms with Gasteiger partial charge in [0.05, 0.1) is 18.2 Å². The predicted octanol–water partition coefficient (Wildman–Crippen LogP) is 3.32. The summed E-state index contributed by atoms with van der Waals surface area (Å²) in [6.07, 6.45) is 1.98. The van der Waals surface area contributed by atoms with E-state index < -0.39 is 0 Å². The fourth-order valence-electron chi connectivity index (χ4n) is 3.59. The number of nitrogens with two attached hydrogens (primary N) is 1. The van der Waals surface area contributed by atoms with Crippen LogP contribution in [0.3, 0.4) is 0 Å². The molecule has 140 valence electrons. The first-order chi connectivity index (χ1) is 13.1. The summed E-state index contributed by atoms with van der Waals surface area (Å²) in [5.74, 6) is 1.35. The van der Waals surface area contributed by atoms with Gasteiger partial charge in [0, 0.05) is 16.8 Å². The van der Waals surface area contributed by atoms with Crippen LogP contribution in [0.5, 0.6) is 11.5 Å². The molecule has 6 nitrogen and oxygen atoms in total. The maximum absolute atomic E-state index is 13.0. The highest BCUT2D eigenvalue weighted by molar-refractivity contribution is 6.15. The molecule has 2 N–H and O–H groups in total. The number of carbonyl (C=O) groups is 1. The van der Waals surface area contributed by atoms with Crippen LogP contribution in [0.2, 0.25) is 0 Å². The summed E-state index contributed by atoms with van der Waals surface area (Å²) in [5, 5.41) is 6.48. The highest BCUT2D eigenvalue weighted by atomic mass is 16.7. The van der Waals surface area contributed by atoms with Gasteiger partial charge in [-0.3, -0.25) is 4.79 Å². The van der Waals surface area contributed by atoms with Crippen molar-refractivity contribution in [3.63, 3.8) is 0 Å². The van der Waals surface area contributed by atoms with Gasteiger partial charge in [-0.15, -0.1) is 0 Å². The minimum Gasteiger partial charge on any atom is -0.454 e. The van der Waals surface area contributed by atoms with E-state index in [9.17, 15) is 4.79 Å². The Morgan fingerprint density at radius 3 is 2.44 bits per heavy atom. The molecule has 0 unspecified atom stereocenters. The van der Waals surface area contributed by atoms with Crippen molar-refractivity contribution < 1.29 is 14.3 Å². The average Bonchev–Trinajstić information content (AvgIpc) is 3.07. The second-order valence-corrected chi connectivity index (χ2v) is 6.82. The van der Waals surface area contributed by atoms with Gasteiger partial charge in [0.1, 0.15) is 0 Å². The van der Waals surface area contributed by atoms with E-state index in [1.165, 1.54) is 0 Å². The van der Waals surface area contributed by atoms with E-state index in [0.29, 0.717) is 17.2 Å². The summed E-state index contributed by atoms with van der Waals surface area (Å²) in [4.78, 5) is 13.0. The van der Waals surface area contributed by atoms with Crippen LogP contribution < -0.4 is 15.2 Å². The van der Waals surface area contributed by atoms with E-state index >= 15 is 0 Å². The third-order valence-corrected chi connectivity index (χ3v) is 5.13. The number of benzene rings is 2. The Morgan fingerprint density at radius 1 is 1.11 bits per heavy atom. The fraction of sp³-hybridized carbons (Fsp3) is 0.333. The van der Waals surface area contributed by atoms with Crippen LogP contribution in [-0.4, -0.2) is 29.5 Å². The van der Waals surface area contributed by atoms with Gasteiger partial charge in [-0.05, 0) is 42.7 Å². The van der Waals surface area contributed by atoms with E-state index in [2.05, 4.69) is 13.8 Å². The molecule has 0 aromatic heterocycles. The number of hydrazone groups is 1. The van der Waals surface area contributed by atoms with Crippen LogP contribution >= 0.6 is 0 Å². The summed E-state index contributed by atoms with van der Waals surface area (Å²) in [6, 6.07) is 11.5. The zero-order chi connectivity index (χ0) is 19.0. The summed E-state index contributed by atoms with van der Waals surface area (Å²) >= 11 is 0. The topological polar surface area (TPSA) is 77.2 Å². The van der Waals surface area contributed by atoms with Gasteiger partial charge in [0.25, 0.3) is 0 Å². The van der Waals surface area contributed by atoms with Crippen molar-refractivity contribution in [1.82, 2.24) is 5.01 Å². The monoisotopic (exact) mass is 365 g/mol. The number of hydrogen-bond acceptors (Lipinski definition) is 5. The normalized spacial score (nSPS) is 15.6. The molecular formula is C21H23N3O3. The highest BCUT2D eigenvalue weighted by Crippen LogP contribution is 2.37. The number of nitrogen functional groups attached to an aromatic ring is 1. The lowest BCUT2D eigenvalue weighted by atomic mass is 9.95. The Kier molecular flexibility index (Phi) is 4.48. The van der Waals surface area contributed by atoms with Crippen molar-refractivity contribution in [3.8, 4) is 11.5 Å². The lowest BCUT2D eigenvalue weighted by Gasteiger charge is -2.25. The first-order valence-corrected chi connectivity index (χ1v) is 9.30. The molecule has 0 fully saturated rings. The Balaban J connectivity index is 1.90. The molecule has 4 rings (SSSR count). The van der Waals surface area contributed by atoms with Crippen LogP contribution in [-0.2, 0) is 11.2 Å². The molecule has 0 bridgehead atoms. The largest absolute Gasteiger partial charge is 0.454 e. The van der Waals surface area contributed by atoms with Crippen molar-refractivity contribution in [2.75, 3.05) is 12.5 Å². The minimum absolute atomic E-state index is 0.00531. The van der Waals surface area contributed by atoms with Crippen LogP contribution in [0, 0.1) is 0 Å². The van der Waals surface area contributed by atoms with Gasteiger partial charge in [-0.1, -0.05) is 26.0 Å². The summed E-state index contributed by atoms with van der Waals surface area (Å²) < 4.78 is 11.1. The van der Waals surface area contributed by atoms with Crippen molar-refractivity contribution in [2.24, 2.45) is 5.10 Å². The standard InChI is InChI=1S/C21H23N3O3/c1-3-16(4-2)24-20(25)10-14-9-18-19(27-12-26-18)11-17(14)21(23-24)13-5-7-15(22)8-6-13/h5-9,11,16H,3-4,10,12,22H2,1-2H3. The van der Waals surface area contributed by atoms with Gasteiger partial charge in [0.15, 0.2) is 11.5 Å². The number of amides is 1. The number of nitrogens with zero attached hydrogens (tertiary/aromatic N) is 2. The second-order valence-electron chi connectivity index (χ2n) is 6.82. The zero-order valence-corrected chi connectivity index (χ0v) is 15.6. The molecule has 0 saturated heterocycles. The van der Waals surface area contributed by atoms with Gasteiger partial charge in [-0.25, -0.2) is 5.01 Å². The maximum Gasteiger partial charge on any atom is 0.247 e. The van der Waals surface area contributed by atoms with Crippen molar-refractivity contribution in [3.05, 3.63) is 53.1 Å². The molecule has 27 heavy (non-hydrogen) atoms. The summed E-state index contributed by atoms with van der Waals surface area (Å²) in [6.45, 7) is 4.35. The molecule has 2 aromatic rings. The van der Waals surface area contributed by atoms with E-state index in [1.807, 2.05) is 36.4 Å². The zero-order valence-electron chi connectivity index (χ0n) is 15.6. The molecule has 0 aliphatic carbocycles. The lowest BCUT2D eigenvalue weighted by molar-refractivity contribution is -0.132. The molecule has 0 spiro atoms. The van der Waals surface area contributed by atoms with E-state index in [4.69, 9.17) is 20.3 Å². The van der Waals surface area contributed by atoms with Crippen LogP contribution in [0.4, 0.5) is 5.69 Å². The SMILES string of the molecule is CCC(CC)N1N=C(c2ccc(N)cc2)c2cc3c(cc2CC1=O)OCO3. The molecule has 2 aliphatic rings. The first-order valence-electron chi connectivity index (χ1n) is 9.30. The van der Waals surface area contributed by atoms with E-state index in [-0.39, 0.29) is 25.2 Å². The number of fused-ring (bicyclic) bond motifs is 2. The Labute approximate surface area is 158 Å². The summed E-state index contributed by atoms with van der Waals surface area (Å²) in [7, 11) is 0. The first kappa shape index (κ1) is 17.4. The smallest absolute Gasteiger partial charge is 0.247 e. The summed E-state index contributed by atoms with van der Waals surface area (Å²) in [5.41, 5.74) is 10.00. The Morgan fingerprint density at radius 2 is 1.78 bits per heavy atom. The Hall–Kier alpha value is -3.02. The third-order valence-electron chi connectivity index (χ3n) is 5.13. The van der Waals surface area contributed by atoms with Gasteiger partial charge >= 0.3 is 0 Å². The average molecular weight is 365 g/mol. The number of carbonyl (C=O) groups excluding carboxylic acids is 1. The lowest BCUT2D eigenvalue weighted by Crippen LogP contribution is -2.36. The molecule has 0 saturated carbocycles. The maximum atomic E-state index is 13.0. The van der Waals surface area contributed by atoms with E-state index in [0.717, 1.165) is 35.2 Å². The third kappa shape index (κ3) is 3.12. The molecule has 2 aromatic carbocycles. The van der Waals surface area contributed by atoms with Crippen molar-refractivity contribution in [2.45, 2.75) is 39.2 Å². The quantitative estimate of drug-likeness (QED) is 0.843. The number of anilines is 1. The minimum atomic E-state index is -0.00531. The predicted molar refractivity (Wildman–Crippen MR) is 104 cm³/mol. The molecular weight excluding hydrogens is 342 g/mol. The molecule has 2 heterocycles. The number of rotatable bonds is 4. The molecule has 2 aliphatic heterocycles. The van der Waals surface area contributed by atoms with Gasteiger partial charge in [-0.2, -0.15) is 5.10 Å². The molecule has 6 heteroatoms. The van der Waals surface area contributed by atoms with Gasteiger partial charge < -0.3 is 15.2 Å². The van der Waals surface area contributed by atoms with Crippen LogP contribution in [0.15, 0.2) is 41.5 Å². The molecule has 0 radical (unpaired) electrons. The fourth-order valence-corrected chi connectivity index (χ4v) is 3.59. The Bertz CT molecular complexity index is 902. The van der Waals surface area contributed by atoms with E-state index in [1.54, 1.807) is 5.01 Å². The number of ether oxygens (including phenoxy) is 2. The van der Waals surface area contributed by atoms with Crippen molar-refractivity contribution in [1.29, 1.82) is 0 Å². The highest BCUT2D eigenvalue weighted by Gasteiger charge is 2.30. The van der Waals surface area contributed by atoms with Crippen molar-refractivity contribution >= 4 is 17.3 Å². The second kappa shape index (κ2) is 6.95. The molecule has 0 atom stereocenters. The number of hydrogen-bond donors (Lipinski definition) is 1. The van der Waals surface area contributed by atoms with Crippen LogP contribution in [0.1, 0.15) is 43.4 Å². The van der Waals surface area contributed by atoms with Gasteiger partial charge in [0.2, 0.25) is 12.7 Å². The van der Waals surface area contributed by atoms with Crippen LogP contribution in [0.25, 0.3) is 0 Å². The molecule has 1 amide bonds.